The molecule has 118 valence electrons. The molecule has 0 amide bonds. The largest absolute Gasteiger partial charge is 0.459 e. The highest BCUT2D eigenvalue weighted by atomic mass is 32.2. The molecule has 4 rings (SSSR count). The van der Waals surface area contributed by atoms with Gasteiger partial charge in [0.2, 0.25) is 0 Å². The van der Waals surface area contributed by atoms with E-state index in [0.717, 1.165) is 31.4 Å². The van der Waals surface area contributed by atoms with Crippen LogP contribution in [0.5, 0.6) is 0 Å². The molecular weight excluding hydrogens is 300 g/mol. The second-order valence-corrected chi connectivity index (χ2v) is 8.09. The van der Waals surface area contributed by atoms with Gasteiger partial charge in [-0.25, -0.2) is 0 Å². The van der Waals surface area contributed by atoms with Crippen molar-refractivity contribution in [2.45, 2.75) is 49.6 Å². The van der Waals surface area contributed by atoms with E-state index < -0.39 is 10.0 Å². The number of rotatable bonds is 2. The van der Waals surface area contributed by atoms with Gasteiger partial charge in [-0.15, -0.1) is 4.40 Å². The number of hydrogen-bond acceptors (Lipinski definition) is 3. The van der Waals surface area contributed by atoms with Gasteiger partial charge in [0.05, 0.1) is 10.9 Å². The highest BCUT2D eigenvalue weighted by Gasteiger charge is 2.50. The van der Waals surface area contributed by atoms with Gasteiger partial charge in [-0.3, -0.25) is 0 Å². The van der Waals surface area contributed by atoms with E-state index in [1.165, 1.54) is 6.42 Å². The first-order chi connectivity index (χ1) is 10.5. The highest BCUT2D eigenvalue weighted by Crippen LogP contribution is 2.42. The van der Waals surface area contributed by atoms with E-state index in [0.29, 0.717) is 18.0 Å². The van der Waals surface area contributed by atoms with Crippen molar-refractivity contribution in [3.05, 3.63) is 29.8 Å². The quantitative estimate of drug-likeness (QED) is 0.839. The highest BCUT2D eigenvalue weighted by molar-refractivity contribution is 7.90. The van der Waals surface area contributed by atoms with Gasteiger partial charge in [-0.1, -0.05) is 17.7 Å². The smallest absolute Gasteiger partial charge is 0.304 e. The number of amidine groups is 1. The maximum absolute atomic E-state index is 12.5. The summed E-state index contributed by atoms with van der Waals surface area (Å²) in [6.07, 6.45) is 4.62. The summed E-state index contributed by atoms with van der Waals surface area (Å²) in [6.45, 7) is 2.78. The minimum atomic E-state index is -3.71. The predicted molar refractivity (Wildman–Crippen MR) is 83.1 cm³/mol. The van der Waals surface area contributed by atoms with Crippen LogP contribution in [0.15, 0.2) is 33.6 Å². The lowest BCUT2D eigenvalue weighted by atomic mass is 9.83. The van der Waals surface area contributed by atoms with Crippen molar-refractivity contribution >= 4 is 16.0 Å². The van der Waals surface area contributed by atoms with E-state index in [2.05, 4.69) is 9.30 Å². The Morgan fingerprint density at radius 3 is 2.73 bits per heavy atom. The number of benzene rings is 1. The number of hydrogen-bond donors (Lipinski definition) is 0. The first kappa shape index (κ1) is 14.1. The molecule has 2 heterocycles. The van der Waals surface area contributed by atoms with Crippen LogP contribution in [0.1, 0.15) is 31.2 Å². The molecule has 2 saturated heterocycles. The molecule has 2 aliphatic heterocycles. The van der Waals surface area contributed by atoms with Crippen molar-refractivity contribution in [2.24, 2.45) is 10.3 Å². The van der Waals surface area contributed by atoms with Gasteiger partial charge in [0.15, 0.2) is 0 Å². The van der Waals surface area contributed by atoms with E-state index in [1.807, 2.05) is 6.92 Å². The summed E-state index contributed by atoms with van der Waals surface area (Å²) in [4.78, 5) is 2.29. The Labute approximate surface area is 131 Å². The topological polar surface area (TPSA) is 59.0 Å². The van der Waals surface area contributed by atoms with Gasteiger partial charge in [-0.05, 0) is 50.7 Å². The van der Waals surface area contributed by atoms with Gasteiger partial charge < -0.3 is 9.64 Å². The Hall–Kier alpha value is -1.56. The summed E-state index contributed by atoms with van der Waals surface area (Å²) >= 11 is 0. The van der Waals surface area contributed by atoms with Gasteiger partial charge in [0.25, 0.3) is 10.0 Å². The van der Waals surface area contributed by atoms with E-state index in [1.54, 1.807) is 24.3 Å². The molecule has 0 N–H and O–H groups in total. The molecule has 0 bridgehead atoms. The summed E-state index contributed by atoms with van der Waals surface area (Å²) < 4.78 is 34.9. The Morgan fingerprint density at radius 2 is 1.95 bits per heavy atom. The van der Waals surface area contributed by atoms with Crippen LogP contribution < -0.4 is 0 Å². The van der Waals surface area contributed by atoms with E-state index >= 15 is 0 Å². The summed E-state index contributed by atoms with van der Waals surface area (Å²) in [5.41, 5.74) is 1.03. The van der Waals surface area contributed by atoms with Crippen molar-refractivity contribution in [2.75, 3.05) is 6.54 Å². The van der Waals surface area contributed by atoms with Crippen LogP contribution in [0.25, 0.3) is 0 Å². The number of aryl methyl sites for hydroxylation is 1. The summed E-state index contributed by atoms with van der Waals surface area (Å²) in [5.74, 6) is 0.633. The SMILES string of the molecule is Cc1ccc(S(=O)(=O)/N=C2/O[C@H]3CCC[C@H]4CCN2[C@H]43)cc1. The average Bonchev–Trinajstić information content (AvgIpc) is 3.06. The molecule has 5 nitrogen and oxygen atoms in total. The van der Waals surface area contributed by atoms with Crippen LogP contribution >= 0.6 is 0 Å². The number of sulfonamides is 1. The second-order valence-electron chi connectivity index (χ2n) is 6.48. The van der Waals surface area contributed by atoms with Crippen LogP contribution in [0, 0.1) is 12.8 Å². The summed E-state index contributed by atoms with van der Waals surface area (Å²) in [5, 5.41) is 0. The lowest BCUT2D eigenvalue weighted by molar-refractivity contribution is 0.124. The Balaban J connectivity index is 1.66. The number of ether oxygens (including phenoxy) is 1. The van der Waals surface area contributed by atoms with Crippen molar-refractivity contribution in [1.82, 2.24) is 4.90 Å². The van der Waals surface area contributed by atoms with E-state index in [4.69, 9.17) is 4.74 Å². The molecule has 3 atom stereocenters. The van der Waals surface area contributed by atoms with Gasteiger partial charge >= 0.3 is 6.02 Å². The average molecular weight is 320 g/mol. The molecule has 22 heavy (non-hydrogen) atoms. The van der Waals surface area contributed by atoms with Gasteiger partial charge in [0, 0.05) is 6.54 Å². The normalized spacial score (nSPS) is 32.1. The third-order valence-electron chi connectivity index (χ3n) is 5.05. The maximum Gasteiger partial charge on any atom is 0.304 e. The Bertz CT molecular complexity index is 711. The monoisotopic (exact) mass is 320 g/mol. The Morgan fingerprint density at radius 1 is 1.18 bits per heavy atom. The minimum absolute atomic E-state index is 0.119. The minimum Gasteiger partial charge on any atom is -0.459 e. The van der Waals surface area contributed by atoms with Crippen LogP contribution in [0.2, 0.25) is 0 Å². The zero-order valence-electron chi connectivity index (χ0n) is 12.6. The zero-order chi connectivity index (χ0) is 15.3. The fourth-order valence-electron chi connectivity index (χ4n) is 3.95. The van der Waals surface area contributed by atoms with Gasteiger partial charge in [-0.2, -0.15) is 8.42 Å². The molecule has 1 aromatic rings. The molecular formula is C16H20N2O3S. The van der Waals surface area contributed by atoms with Crippen molar-refractivity contribution < 1.29 is 13.2 Å². The fraction of sp³-hybridized carbons (Fsp3) is 0.562. The lowest BCUT2D eigenvalue weighted by Gasteiger charge is -2.28. The molecule has 6 heteroatoms. The molecule has 3 fully saturated rings. The molecule has 1 aliphatic carbocycles. The van der Waals surface area contributed by atoms with Gasteiger partial charge in [0.1, 0.15) is 6.10 Å². The zero-order valence-corrected chi connectivity index (χ0v) is 13.4. The third kappa shape index (κ3) is 2.20. The Kier molecular flexibility index (Phi) is 3.18. The van der Waals surface area contributed by atoms with Crippen LogP contribution in [0.3, 0.4) is 0 Å². The van der Waals surface area contributed by atoms with Crippen LogP contribution in [0.4, 0.5) is 0 Å². The standard InChI is InChI=1S/C16H20N2O3S/c1-11-5-7-13(8-6-11)22(19,20)17-16-18-10-9-12-3-2-4-14(21-16)15(12)18/h5-8,12,14-15H,2-4,9-10H2,1H3/b17-16+/t12-,14-,15+/m0/s1. The van der Waals surface area contributed by atoms with Crippen LogP contribution in [-0.2, 0) is 14.8 Å². The molecule has 0 spiro atoms. The maximum atomic E-state index is 12.5. The summed E-state index contributed by atoms with van der Waals surface area (Å²) in [7, 11) is -3.71. The molecule has 1 aromatic carbocycles. The molecule has 0 aromatic heterocycles. The van der Waals surface area contributed by atoms with E-state index in [-0.39, 0.29) is 11.0 Å². The lowest BCUT2D eigenvalue weighted by Crippen LogP contribution is -2.37. The number of nitrogens with zero attached hydrogens (tertiary/aromatic N) is 2. The molecule has 0 unspecified atom stereocenters. The summed E-state index contributed by atoms with van der Waals surface area (Å²) in [6, 6.07) is 7.41. The molecule has 1 saturated carbocycles. The first-order valence-corrected chi connectivity index (χ1v) is 9.33. The van der Waals surface area contributed by atoms with Crippen molar-refractivity contribution in [1.29, 1.82) is 0 Å². The van der Waals surface area contributed by atoms with Crippen molar-refractivity contribution in [3.8, 4) is 0 Å². The van der Waals surface area contributed by atoms with Crippen LogP contribution in [-0.4, -0.2) is 38.0 Å². The fourth-order valence-corrected chi connectivity index (χ4v) is 4.88. The third-order valence-corrected chi connectivity index (χ3v) is 6.31. The second kappa shape index (κ2) is 4.98. The molecule has 3 aliphatic rings. The van der Waals surface area contributed by atoms with Crippen molar-refractivity contribution in [3.63, 3.8) is 0 Å². The molecule has 0 radical (unpaired) electrons. The first-order valence-electron chi connectivity index (χ1n) is 7.89. The van der Waals surface area contributed by atoms with E-state index in [9.17, 15) is 8.42 Å². The predicted octanol–water partition coefficient (Wildman–Crippen LogP) is 2.31.